The zero-order valence-corrected chi connectivity index (χ0v) is 19.3. The summed E-state index contributed by atoms with van der Waals surface area (Å²) in [6, 6.07) is 10.2. The summed E-state index contributed by atoms with van der Waals surface area (Å²) < 4.78 is 29.5. The number of thiazole rings is 1. The molecular formula is C22H22N4O5S2. The van der Waals surface area contributed by atoms with Crippen molar-refractivity contribution in [3.8, 4) is 0 Å². The monoisotopic (exact) mass is 486 g/mol. The number of nitrogens with zero attached hydrogens (tertiary/aromatic N) is 4. The van der Waals surface area contributed by atoms with Crippen LogP contribution in [0.2, 0.25) is 0 Å². The first-order valence-corrected chi connectivity index (χ1v) is 12.6. The topological polar surface area (TPSA) is 115 Å². The quantitative estimate of drug-likeness (QED) is 0.299. The summed E-state index contributed by atoms with van der Waals surface area (Å²) in [6.07, 6.45) is 4.34. The van der Waals surface area contributed by atoms with E-state index < -0.39 is 20.9 Å². The number of piperidine rings is 1. The second-order valence-corrected chi connectivity index (χ2v) is 10.5. The summed E-state index contributed by atoms with van der Waals surface area (Å²) in [7, 11) is -3.58. The van der Waals surface area contributed by atoms with E-state index in [2.05, 4.69) is 11.6 Å². The molecule has 0 N–H and O–H groups in total. The standard InChI is InChI=1S/C22H22N4O5S2/c1-2-12-25-19-15-17(26(28)29)8-11-20(19)32-22(25)23-21(27)16-6-9-18(10-7-16)33(30,31)24-13-4-3-5-14-24/h2,6-11,15H,1,3-5,12-14H2. The highest BCUT2D eigenvalue weighted by atomic mass is 32.2. The van der Waals surface area contributed by atoms with Crippen molar-refractivity contribution in [2.45, 2.75) is 30.7 Å². The van der Waals surface area contributed by atoms with Crippen LogP contribution in [-0.2, 0) is 16.6 Å². The lowest BCUT2D eigenvalue weighted by molar-refractivity contribution is -0.384. The Balaban J connectivity index is 1.67. The molecule has 1 aliphatic rings. The van der Waals surface area contributed by atoms with Crippen LogP contribution in [0.3, 0.4) is 0 Å². The molecule has 9 nitrogen and oxygen atoms in total. The third-order valence-electron chi connectivity index (χ3n) is 5.44. The summed E-state index contributed by atoms with van der Waals surface area (Å²) in [6.45, 7) is 5.04. The zero-order chi connectivity index (χ0) is 23.6. The molecule has 0 saturated carbocycles. The molecular weight excluding hydrogens is 464 g/mol. The Morgan fingerprint density at radius 2 is 1.85 bits per heavy atom. The zero-order valence-electron chi connectivity index (χ0n) is 17.7. The second kappa shape index (κ2) is 9.38. The van der Waals surface area contributed by atoms with Crippen LogP contribution in [0.15, 0.2) is 65.0 Å². The van der Waals surface area contributed by atoms with E-state index in [0.29, 0.717) is 30.0 Å². The van der Waals surface area contributed by atoms with Crippen LogP contribution in [0, 0.1) is 10.1 Å². The third-order valence-corrected chi connectivity index (χ3v) is 8.41. The number of nitro benzene ring substituents is 1. The van der Waals surface area contributed by atoms with E-state index in [4.69, 9.17) is 0 Å². The Bertz CT molecular complexity index is 1400. The van der Waals surface area contributed by atoms with Gasteiger partial charge in [0.25, 0.3) is 11.6 Å². The fourth-order valence-electron chi connectivity index (χ4n) is 3.74. The molecule has 1 fully saturated rings. The second-order valence-electron chi connectivity index (χ2n) is 7.60. The van der Waals surface area contributed by atoms with E-state index in [1.165, 1.54) is 52.0 Å². The van der Waals surface area contributed by atoms with Crippen molar-refractivity contribution in [2.24, 2.45) is 4.99 Å². The smallest absolute Gasteiger partial charge is 0.279 e. The fourth-order valence-corrected chi connectivity index (χ4v) is 6.27. The highest BCUT2D eigenvalue weighted by Gasteiger charge is 2.26. The van der Waals surface area contributed by atoms with Gasteiger partial charge >= 0.3 is 0 Å². The Labute approximate surface area is 194 Å². The van der Waals surface area contributed by atoms with Gasteiger partial charge in [0.1, 0.15) is 0 Å². The van der Waals surface area contributed by atoms with E-state index in [1.807, 2.05) is 0 Å². The molecule has 1 aliphatic heterocycles. The van der Waals surface area contributed by atoms with Gasteiger partial charge in [-0.25, -0.2) is 8.42 Å². The van der Waals surface area contributed by atoms with Gasteiger partial charge in [0, 0.05) is 37.3 Å². The van der Waals surface area contributed by atoms with Gasteiger partial charge in [-0.1, -0.05) is 23.8 Å². The van der Waals surface area contributed by atoms with Crippen molar-refractivity contribution in [2.75, 3.05) is 13.1 Å². The maximum absolute atomic E-state index is 12.8. The van der Waals surface area contributed by atoms with Crippen LogP contribution in [-0.4, -0.2) is 41.2 Å². The summed E-state index contributed by atoms with van der Waals surface area (Å²) in [5.74, 6) is -0.532. The van der Waals surface area contributed by atoms with Gasteiger partial charge in [-0.2, -0.15) is 9.30 Å². The molecule has 0 radical (unpaired) electrons. The average molecular weight is 487 g/mol. The number of non-ortho nitro benzene ring substituents is 1. The molecule has 3 aromatic rings. The van der Waals surface area contributed by atoms with E-state index in [-0.39, 0.29) is 16.1 Å². The number of rotatable bonds is 6. The number of nitro groups is 1. The minimum atomic E-state index is -3.58. The van der Waals surface area contributed by atoms with Crippen molar-refractivity contribution in [1.82, 2.24) is 8.87 Å². The van der Waals surface area contributed by atoms with Gasteiger partial charge in [0.05, 0.1) is 20.0 Å². The predicted molar refractivity (Wildman–Crippen MR) is 126 cm³/mol. The van der Waals surface area contributed by atoms with Gasteiger partial charge in [0.2, 0.25) is 10.0 Å². The van der Waals surface area contributed by atoms with Crippen LogP contribution in [0.5, 0.6) is 0 Å². The van der Waals surface area contributed by atoms with Gasteiger partial charge in [0.15, 0.2) is 4.80 Å². The molecule has 11 heteroatoms. The van der Waals surface area contributed by atoms with Crippen molar-refractivity contribution in [1.29, 1.82) is 0 Å². The number of fused-ring (bicyclic) bond motifs is 1. The van der Waals surface area contributed by atoms with Gasteiger partial charge in [-0.3, -0.25) is 14.9 Å². The molecule has 1 amide bonds. The normalized spacial score (nSPS) is 15.6. The number of aromatic nitrogens is 1. The molecule has 0 bridgehead atoms. The maximum atomic E-state index is 12.8. The van der Waals surface area contributed by atoms with Crippen LogP contribution in [0.4, 0.5) is 5.69 Å². The summed E-state index contributed by atoms with van der Waals surface area (Å²) in [4.78, 5) is 28.2. The molecule has 2 aromatic carbocycles. The Hall–Kier alpha value is -3.15. The largest absolute Gasteiger partial charge is 0.312 e. The minimum Gasteiger partial charge on any atom is -0.312 e. The molecule has 0 atom stereocenters. The third kappa shape index (κ3) is 4.65. The molecule has 4 rings (SSSR count). The number of allylic oxidation sites excluding steroid dienone is 1. The number of carbonyl (C=O) groups excluding carboxylic acids is 1. The van der Waals surface area contributed by atoms with Crippen molar-refractivity contribution < 1.29 is 18.1 Å². The molecule has 0 unspecified atom stereocenters. The number of hydrogen-bond acceptors (Lipinski definition) is 6. The Morgan fingerprint density at radius 1 is 1.15 bits per heavy atom. The molecule has 0 spiro atoms. The van der Waals surface area contributed by atoms with Crippen molar-refractivity contribution >= 4 is 43.2 Å². The highest BCUT2D eigenvalue weighted by molar-refractivity contribution is 7.89. The summed E-state index contributed by atoms with van der Waals surface area (Å²) in [5.41, 5.74) is 0.784. The first-order chi connectivity index (χ1) is 15.8. The van der Waals surface area contributed by atoms with Gasteiger partial charge in [-0.15, -0.1) is 6.58 Å². The lowest BCUT2D eigenvalue weighted by Gasteiger charge is -2.25. The number of benzene rings is 2. The van der Waals surface area contributed by atoms with Crippen LogP contribution < -0.4 is 4.80 Å². The number of carbonyl (C=O) groups is 1. The average Bonchev–Trinajstić information content (AvgIpc) is 3.16. The molecule has 1 saturated heterocycles. The molecule has 0 aliphatic carbocycles. The fraction of sp³-hybridized carbons (Fsp3) is 0.273. The van der Waals surface area contributed by atoms with E-state index in [1.54, 1.807) is 16.7 Å². The summed E-state index contributed by atoms with van der Waals surface area (Å²) in [5, 5.41) is 11.1. The van der Waals surface area contributed by atoms with E-state index in [9.17, 15) is 23.3 Å². The molecule has 33 heavy (non-hydrogen) atoms. The predicted octanol–water partition coefficient (Wildman–Crippen LogP) is 3.71. The lowest BCUT2D eigenvalue weighted by atomic mass is 10.2. The summed E-state index contributed by atoms with van der Waals surface area (Å²) >= 11 is 1.24. The number of amides is 1. The van der Waals surface area contributed by atoms with Crippen LogP contribution in [0.1, 0.15) is 29.6 Å². The molecule has 2 heterocycles. The van der Waals surface area contributed by atoms with Crippen LogP contribution in [0.25, 0.3) is 10.2 Å². The number of sulfonamides is 1. The van der Waals surface area contributed by atoms with E-state index in [0.717, 1.165) is 24.0 Å². The van der Waals surface area contributed by atoms with Gasteiger partial charge in [-0.05, 0) is 43.2 Å². The molecule has 172 valence electrons. The Kier molecular flexibility index (Phi) is 6.54. The van der Waals surface area contributed by atoms with Crippen molar-refractivity contribution in [3.63, 3.8) is 0 Å². The first-order valence-electron chi connectivity index (χ1n) is 10.4. The lowest BCUT2D eigenvalue weighted by Crippen LogP contribution is -2.35. The van der Waals surface area contributed by atoms with Crippen molar-refractivity contribution in [3.05, 3.63) is 75.6 Å². The SMILES string of the molecule is C=CCn1c(=NC(=O)c2ccc(S(=O)(=O)N3CCCCC3)cc2)sc2ccc([N+](=O)[O-])cc21. The highest BCUT2D eigenvalue weighted by Crippen LogP contribution is 2.24. The maximum Gasteiger partial charge on any atom is 0.279 e. The molecule has 1 aromatic heterocycles. The Morgan fingerprint density at radius 3 is 2.48 bits per heavy atom. The van der Waals surface area contributed by atoms with Crippen LogP contribution >= 0.6 is 11.3 Å². The number of hydrogen-bond donors (Lipinski definition) is 0. The van der Waals surface area contributed by atoms with Gasteiger partial charge < -0.3 is 4.57 Å². The first kappa shape index (κ1) is 23.0. The van der Waals surface area contributed by atoms with E-state index >= 15 is 0 Å². The minimum absolute atomic E-state index is 0.0542.